The van der Waals surface area contributed by atoms with E-state index in [1.54, 1.807) is 12.1 Å². The zero-order valence-electron chi connectivity index (χ0n) is 16.7. The maximum atomic E-state index is 14.5. The molecule has 1 atom stereocenters. The van der Waals surface area contributed by atoms with Crippen molar-refractivity contribution in [3.63, 3.8) is 0 Å². The second-order valence-electron chi connectivity index (χ2n) is 7.16. The van der Waals surface area contributed by atoms with E-state index in [0.29, 0.717) is 24.0 Å². The molecular weight excluding hydrogens is 368 g/mol. The maximum absolute atomic E-state index is 14.5. The molecule has 0 aliphatic rings. The smallest absolute Gasteiger partial charge is 0.309 e. The molecule has 28 heavy (non-hydrogen) atoms. The van der Waals surface area contributed by atoms with Gasteiger partial charge in [0.2, 0.25) is 0 Å². The van der Waals surface area contributed by atoms with Crippen molar-refractivity contribution in [1.29, 1.82) is 0 Å². The summed E-state index contributed by atoms with van der Waals surface area (Å²) in [6.45, 7) is 5.42. The van der Waals surface area contributed by atoms with Crippen LogP contribution < -0.4 is 0 Å². The summed E-state index contributed by atoms with van der Waals surface area (Å²) in [5, 5.41) is 0. The molecule has 0 aliphatic carbocycles. The average Bonchev–Trinajstić information content (AvgIpc) is 2.61. The van der Waals surface area contributed by atoms with Gasteiger partial charge in [0, 0.05) is 0 Å². The molecule has 1 nitrogen and oxygen atoms in total. The van der Waals surface area contributed by atoms with E-state index in [9.17, 15) is 17.6 Å². The van der Waals surface area contributed by atoms with E-state index in [1.807, 2.05) is 19.1 Å². The molecule has 1 unspecified atom stereocenters. The van der Waals surface area contributed by atoms with Gasteiger partial charge in [0.1, 0.15) is 17.2 Å². The van der Waals surface area contributed by atoms with Gasteiger partial charge in [-0.05, 0) is 55.0 Å². The Morgan fingerprint density at radius 1 is 0.857 bits per heavy atom. The lowest BCUT2D eigenvalue weighted by Gasteiger charge is -2.23. The van der Waals surface area contributed by atoms with Gasteiger partial charge in [-0.1, -0.05) is 57.4 Å². The summed E-state index contributed by atoms with van der Waals surface area (Å²) < 4.78 is 62.2. The molecule has 0 saturated carbocycles. The van der Waals surface area contributed by atoms with Crippen LogP contribution in [0.4, 0.5) is 17.6 Å². The number of halogens is 4. The molecule has 0 bridgehead atoms. The quantitative estimate of drug-likeness (QED) is 0.299. The molecule has 5 heteroatoms. The lowest BCUT2D eigenvalue weighted by molar-refractivity contribution is -0.275. The number of rotatable bonds is 10. The molecule has 2 rings (SSSR count). The van der Waals surface area contributed by atoms with Gasteiger partial charge in [0.05, 0.1) is 6.10 Å². The first-order chi connectivity index (χ1) is 13.3. The van der Waals surface area contributed by atoms with Crippen LogP contribution in [0.15, 0.2) is 36.4 Å². The highest BCUT2D eigenvalue weighted by atomic mass is 19.3. The first-order valence-corrected chi connectivity index (χ1v) is 9.91. The van der Waals surface area contributed by atoms with E-state index >= 15 is 0 Å². The maximum Gasteiger partial charge on any atom is 0.389 e. The number of hydrogen-bond donors (Lipinski definition) is 0. The number of unbranched alkanes of at least 4 members (excludes halogenated alkanes) is 2. The molecule has 0 spiro atoms. The van der Waals surface area contributed by atoms with Gasteiger partial charge in [-0.3, -0.25) is 0 Å². The fraction of sp³-hybridized carbons (Fsp3) is 0.478. The van der Waals surface area contributed by atoms with E-state index in [-0.39, 0.29) is 0 Å². The highest BCUT2D eigenvalue weighted by molar-refractivity contribution is 5.29. The molecule has 0 aliphatic heterocycles. The van der Waals surface area contributed by atoms with Gasteiger partial charge in [-0.15, -0.1) is 0 Å². The summed E-state index contributed by atoms with van der Waals surface area (Å²) >= 11 is 0. The van der Waals surface area contributed by atoms with E-state index < -0.39 is 29.4 Å². The van der Waals surface area contributed by atoms with Crippen molar-refractivity contribution in [2.75, 3.05) is 0 Å². The van der Waals surface area contributed by atoms with Crippen LogP contribution in [0.2, 0.25) is 0 Å². The largest absolute Gasteiger partial charge is 0.389 e. The van der Waals surface area contributed by atoms with Crippen molar-refractivity contribution in [1.82, 2.24) is 0 Å². The molecule has 0 fully saturated rings. The van der Waals surface area contributed by atoms with Crippen molar-refractivity contribution in [2.45, 2.75) is 71.5 Å². The van der Waals surface area contributed by atoms with Crippen LogP contribution in [-0.4, -0.2) is 0 Å². The molecule has 0 aromatic heterocycles. The average molecular weight is 396 g/mol. The molecule has 0 saturated heterocycles. The third-order valence-corrected chi connectivity index (χ3v) is 4.77. The third kappa shape index (κ3) is 5.81. The first kappa shape index (κ1) is 22.4. The molecule has 154 valence electrons. The summed E-state index contributed by atoms with van der Waals surface area (Å²) in [7, 11) is 0. The Labute approximate surface area is 164 Å². The summed E-state index contributed by atoms with van der Waals surface area (Å²) in [6.07, 6.45) is 0.267. The monoisotopic (exact) mass is 396 g/mol. The molecule has 0 heterocycles. The predicted octanol–water partition coefficient (Wildman–Crippen LogP) is 7.48. The second kappa shape index (κ2) is 10.1. The first-order valence-electron chi connectivity index (χ1n) is 9.91. The van der Waals surface area contributed by atoms with Crippen LogP contribution >= 0.6 is 0 Å². The van der Waals surface area contributed by atoms with Crippen molar-refractivity contribution in [2.24, 2.45) is 0 Å². The van der Waals surface area contributed by atoms with Crippen molar-refractivity contribution in [3.8, 4) is 0 Å². The minimum atomic E-state index is -4.07. The predicted molar refractivity (Wildman–Crippen MR) is 103 cm³/mol. The van der Waals surface area contributed by atoms with Gasteiger partial charge < -0.3 is 4.74 Å². The molecular formula is C23H28F4O. The van der Waals surface area contributed by atoms with Crippen LogP contribution in [0, 0.1) is 11.6 Å². The highest BCUT2D eigenvalue weighted by Crippen LogP contribution is 2.38. The summed E-state index contributed by atoms with van der Waals surface area (Å²) in [4.78, 5) is 0. The highest BCUT2D eigenvalue weighted by Gasteiger charge is 2.41. The minimum Gasteiger partial charge on any atom is -0.309 e. The minimum absolute atomic E-state index is 0.351. The van der Waals surface area contributed by atoms with Gasteiger partial charge in [0.25, 0.3) is 0 Å². The van der Waals surface area contributed by atoms with Gasteiger partial charge in [0.15, 0.2) is 0 Å². The summed E-state index contributed by atoms with van der Waals surface area (Å²) in [5.41, 5.74) is 0.668. The van der Waals surface area contributed by atoms with E-state index in [4.69, 9.17) is 4.74 Å². The normalized spacial score (nSPS) is 13.0. The molecule has 0 amide bonds. The van der Waals surface area contributed by atoms with Gasteiger partial charge >= 0.3 is 6.11 Å². The topological polar surface area (TPSA) is 9.23 Å². The van der Waals surface area contributed by atoms with Gasteiger partial charge in [-0.25, -0.2) is 8.78 Å². The lowest BCUT2D eigenvalue weighted by Crippen LogP contribution is -2.24. The third-order valence-electron chi connectivity index (χ3n) is 4.77. The summed E-state index contributed by atoms with van der Waals surface area (Å²) in [5.74, 6) is -2.57. The Hall–Kier alpha value is -1.88. The Morgan fingerprint density at radius 3 is 2.00 bits per heavy atom. The van der Waals surface area contributed by atoms with Crippen LogP contribution in [0.5, 0.6) is 0 Å². The van der Waals surface area contributed by atoms with Crippen LogP contribution in [-0.2, 0) is 23.7 Å². The standard InChI is InChI=1S/C23H28F4O/c1-4-6-7-9-17-10-12-19(13-11-17)16(3)28-23(26,27)22-20(24)14-18(8-5-2)15-21(22)25/h10-16H,4-9H2,1-3H3. The van der Waals surface area contributed by atoms with Crippen molar-refractivity contribution >= 4 is 0 Å². The summed E-state index contributed by atoms with van der Waals surface area (Å²) in [6, 6.07) is 9.11. The van der Waals surface area contributed by atoms with E-state index in [2.05, 4.69) is 6.92 Å². The van der Waals surface area contributed by atoms with Crippen LogP contribution in [0.25, 0.3) is 0 Å². The number of alkyl halides is 2. The Bertz CT molecular complexity index is 733. The zero-order valence-corrected chi connectivity index (χ0v) is 16.7. The fourth-order valence-corrected chi connectivity index (χ4v) is 3.22. The number of ether oxygens (including phenoxy) is 1. The SMILES string of the molecule is CCCCCc1ccc(C(C)OC(F)(F)c2c(F)cc(CCC)cc2F)cc1. The fourth-order valence-electron chi connectivity index (χ4n) is 3.22. The Morgan fingerprint density at radius 2 is 1.46 bits per heavy atom. The molecule has 2 aromatic rings. The number of hydrogen-bond acceptors (Lipinski definition) is 1. The van der Waals surface area contributed by atoms with E-state index in [1.165, 1.54) is 6.92 Å². The second-order valence-corrected chi connectivity index (χ2v) is 7.16. The molecule has 2 aromatic carbocycles. The zero-order chi connectivity index (χ0) is 20.7. The Balaban J connectivity index is 2.13. The molecule has 0 radical (unpaired) electrons. The molecule has 0 N–H and O–H groups in total. The number of aryl methyl sites for hydroxylation is 2. The lowest BCUT2D eigenvalue weighted by atomic mass is 10.0. The van der Waals surface area contributed by atoms with Gasteiger partial charge in [-0.2, -0.15) is 8.78 Å². The van der Waals surface area contributed by atoms with Crippen LogP contribution in [0.1, 0.15) is 74.8 Å². The van der Waals surface area contributed by atoms with Crippen molar-refractivity contribution < 1.29 is 22.3 Å². The van der Waals surface area contributed by atoms with E-state index in [0.717, 1.165) is 43.4 Å². The Kier molecular flexibility index (Phi) is 8.05. The number of benzene rings is 2. The van der Waals surface area contributed by atoms with Crippen molar-refractivity contribution in [3.05, 3.63) is 70.3 Å². The van der Waals surface area contributed by atoms with Crippen LogP contribution in [0.3, 0.4) is 0 Å².